The van der Waals surface area contributed by atoms with Crippen LogP contribution in [-0.4, -0.2) is 17.6 Å². The molecule has 4 nitrogen and oxygen atoms in total. The largest absolute Gasteiger partial charge is 0.481 e. The molecule has 4 aromatic rings. The zero-order valence-corrected chi connectivity index (χ0v) is 16.2. The molecule has 4 rings (SSSR count). The molecule has 0 bridgehead atoms. The van der Waals surface area contributed by atoms with Gasteiger partial charge in [0.1, 0.15) is 10.8 Å². The normalized spacial score (nSPS) is 11.9. The first kappa shape index (κ1) is 18.2. The molecule has 0 saturated heterocycles. The fraction of sp³-hybridized carbons (Fsp3) is 0.130. The van der Waals surface area contributed by atoms with E-state index in [-0.39, 0.29) is 6.61 Å². The van der Waals surface area contributed by atoms with Gasteiger partial charge in [0, 0.05) is 5.56 Å². The Morgan fingerprint density at radius 2 is 1.68 bits per heavy atom. The van der Waals surface area contributed by atoms with Crippen molar-refractivity contribution in [1.29, 1.82) is 0 Å². The molecule has 0 fully saturated rings. The number of aromatic nitrogens is 1. The van der Waals surface area contributed by atoms with Crippen molar-refractivity contribution in [2.24, 2.45) is 0 Å². The molecule has 0 aliphatic carbocycles. The minimum atomic E-state index is -0.422. The first-order valence-electron chi connectivity index (χ1n) is 9.03. The van der Waals surface area contributed by atoms with Crippen LogP contribution in [0.2, 0.25) is 0 Å². The topological polar surface area (TPSA) is 48.4 Å². The van der Waals surface area contributed by atoms with E-state index in [0.717, 1.165) is 26.4 Å². The van der Waals surface area contributed by atoms with Gasteiger partial charge in [-0.15, -0.1) is 11.3 Å². The van der Waals surface area contributed by atoms with Crippen LogP contribution in [0.4, 0.5) is 0 Å². The van der Waals surface area contributed by atoms with Crippen LogP contribution in [0, 0.1) is 0 Å². The summed E-state index contributed by atoms with van der Waals surface area (Å²) in [5, 5.41) is 0.777. The minimum Gasteiger partial charge on any atom is -0.481 e. The summed E-state index contributed by atoms with van der Waals surface area (Å²) in [5.74, 6) is 0.230. The third kappa shape index (κ3) is 4.05. The Kier molecular flexibility index (Phi) is 5.35. The van der Waals surface area contributed by atoms with Crippen LogP contribution < -0.4 is 4.74 Å². The second kappa shape index (κ2) is 8.23. The first-order chi connectivity index (χ1) is 13.7. The van der Waals surface area contributed by atoms with Crippen LogP contribution in [0.5, 0.6) is 5.75 Å². The number of rotatable bonds is 6. The summed E-state index contributed by atoms with van der Waals surface area (Å²) in [6, 6.07) is 25.5. The number of para-hydroxylation sites is 2. The molecule has 1 atom stereocenters. The highest BCUT2D eigenvalue weighted by molar-refractivity contribution is 7.18. The van der Waals surface area contributed by atoms with E-state index < -0.39 is 12.1 Å². The molecule has 0 amide bonds. The SMILES string of the molecule is C[C@H](OC(=O)COc1ccccc1-c1ccccc1)c1nc2ccccc2s1. The van der Waals surface area contributed by atoms with E-state index in [1.54, 1.807) is 0 Å². The highest BCUT2D eigenvalue weighted by Gasteiger charge is 2.17. The van der Waals surface area contributed by atoms with Gasteiger partial charge in [0.05, 0.1) is 10.2 Å². The maximum Gasteiger partial charge on any atom is 0.344 e. The Labute approximate surface area is 167 Å². The smallest absolute Gasteiger partial charge is 0.344 e. The van der Waals surface area contributed by atoms with Crippen molar-refractivity contribution in [2.75, 3.05) is 6.61 Å². The number of hydrogen-bond acceptors (Lipinski definition) is 5. The average Bonchev–Trinajstić information content (AvgIpc) is 3.18. The summed E-state index contributed by atoms with van der Waals surface area (Å²) in [6.45, 7) is 1.67. The predicted octanol–water partition coefficient (Wildman–Crippen LogP) is 5.65. The lowest BCUT2D eigenvalue weighted by Gasteiger charge is -2.13. The second-order valence-electron chi connectivity index (χ2n) is 6.30. The van der Waals surface area contributed by atoms with E-state index in [0.29, 0.717) is 5.75 Å². The summed E-state index contributed by atoms with van der Waals surface area (Å²) in [4.78, 5) is 16.8. The molecule has 0 radical (unpaired) electrons. The maximum atomic E-state index is 12.3. The molecule has 3 aromatic carbocycles. The molecule has 140 valence electrons. The third-order valence-corrected chi connectivity index (χ3v) is 5.48. The number of carbonyl (C=O) groups excluding carboxylic acids is 1. The highest BCUT2D eigenvalue weighted by atomic mass is 32.1. The summed E-state index contributed by atoms with van der Waals surface area (Å²) < 4.78 is 12.4. The van der Waals surface area contributed by atoms with Crippen molar-refractivity contribution in [2.45, 2.75) is 13.0 Å². The number of carbonyl (C=O) groups is 1. The Morgan fingerprint density at radius 3 is 2.50 bits per heavy atom. The number of esters is 1. The quantitative estimate of drug-likeness (QED) is 0.400. The minimum absolute atomic E-state index is 0.154. The van der Waals surface area contributed by atoms with Gasteiger partial charge >= 0.3 is 5.97 Å². The van der Waals surface area contributed by atoms with E-state index >= 15 is 0 Å². The van der Waals surface area contributed by atoms with E-state index in [2.05, 4.69) is 4.98 Å². The third-order valence-electron chi connectivity index (χ3n) is 4.28. The van der Waals surface area contributed by atoms with Gasteiger partial charge in [-0.25, -0.2) is 9.78 Å². The average molecular weight is 389 g/mol. The zero-order valence-electron chi connectivity index (χ0n) is 15.4. The van der Waals surface area contributed by atoms with Gasteiger partial charge in [-0.2, -0.15) is 0 Å². The number of thiazole rings is 1. The molecule has 1 aromatic heterocycles. The molecule has 0 N–H and O–H groups in total. The number of ether oxygens (including phenoxy) is 2. The lowest BCUT2D eigenvalue weighted by Crippen LogP contribution is -2.17. The lowest BCUT2D eigenvalue weighted by atomic mass is 10.1. The second-order valence-corrected chi connectivity index (χ2v) is 7.37. The molecule has 0 spiro atoms. The fourth-order valence-electron chi connectivity index (χ4n) is 2.93. The molecule has 0 saturated carbocycles. The van der Waals surface area contributed by atoms with Gasteiger partial charge in [-0.05, 0) is 30.7 Å². The van der Waals surface area contributed by atoms with Gasteiger partial charge in [0.25, 0.3) is 0 Å². The molecule has 0 aliphatic rings. The first-order valence-corrected chi connectivity index (χ1v) is 9.84. The fourth-order valence-corrected chi connectivity index (χ4v) is 3.88. The molecule has 5 heteroatoms. The highest BCUT2D eigenvalue weighted by Crippen LogP contribution is 2.30. The molecule has 1 heterocycles. The van der Waals surface area contributed by atoms with E-state index in [1.165, 1.54) is 11.3 Å². The Bertz CT molecular complexity index is 1060. The number of fused-ring (bicyclic) bond motifs is 1. The van der Waals surface area contributed by atoms with Crippen molar-refractivity contribution in [1.82, 2.24) is 4.98 Å². The molecule has 28 heavy (non-hydrogen) atoms. The van der Waals surface area contributed by atoms with E-state index in [4.69, 9.17) is 9.47 Å². The standard InChI is InChI=1S/C23H19NO3S/c1-16(23-24-19-12-6-8-14-21(19)28-23)27-22(25)15-26-20-13-7-5-11-18(20)17-9-3-2-4-10-17/h2-14,16H,15H2,1H3/t16-/m0/s1. The predicted molar refractivity (Wildman–Crippen MR) is 112 cm³/mol. The van der Waals surface area contributed by atoms with Gasteiger partial charge in [0.2, 0.25) is 0 Å². The van der Waals surface area contributed by atoms with E-state index in [9.17, 15) is 4.79 Å². The Hall–Kier alpha value is -3.18. The van der Waals surface area contributed by atoms with Crippen LogP contribution in [0.1, 0.15) is 18.0 Å². The van der Waals surface area contributed by atoms with Crippen LogP contribution in [-0.2, 0) is 9.53 Å². The van der Waals surface area contributed by atoms with Crippen molar-refractivity contribution in [3.63, 3.8) is 0 Å². The van der Waals surface area contributed by atoms with Crippen LogP contribution >= 0.6 is 11.3 Å². The summed E-state index contributed by atoms with van der Waals surface area (Å²) in [6.07, 6.45) is -0.419. The maximum absolute atomic E-state index is 12.3. The van der Waals surface area contributed by atoms with Crippen molar-refractivity contribution >= 4 is 27.5 Å². The summed E-state index contributed by atoms with van der Waals surface area (Å²) >= 11 is 1.53. The van der Waals surface area contributed by atoms with Crippen molar-refractivity contribution in [3.05, 3.63) is 83.9 Å². The molecular weight excluding hydrogens is 370 g/mol. The van der Waals surface area contributed by atoms with Crippen molar-refractivity contribution in [3.8, 4) is 16.9 Å². The molecule has 0 aliphatic heterocycles. The van der Waals surface area contributed by atoms with Crippen LogP contribution in [0.3, 0.4) is 0 Å². The monoisotopic (exact) mass is 389 g/mol. The van der Waals surface area contributed by atoms with Crippen LogP contribution in [0.25, 0.3) is 21.3 Å². The number of hydrogen-bond donors (Lipinski definition) is 0. The van der Waals surface area contributed by atoms with Gasteiger partial charge in [-0.1, -0.05) is 60.7 Å². The number of nitrogens with zero attached hydrogens (tertiary/aromatic N) is 1. The number of benzene rings is 3. The van der Waals surface area contributed by atoms with Gasteiger partial charge in [-0.3, -0.25) is 0 Å². The van der Waals surface area contributed by atoms with E-state index in [1.807, 2.05) is 85.8 Å². The lowest BCUT2D eigenvalue weighted by molar-refractivity contribution is -0.151. The zero-order chi connectivity index (χ0) is 19.3. The van der Waals surface area contributed by atoms with Gasteiger partial charge < -0.3 is 9.47 Å². The molecular formula is C23H19NO3S. The summed E-state index contributed by atoms with van der Waals surface area (Å²) in [5.41, 5.74) is 2.89. The Balaban J connectivity index is 1.41. The summed E-state index contributed by atoms with van der Waals surface area (Å²) in [7, 11) is 0. The van der Waals surface area contributed by atoms with Crippen LogP contribution in [0.15, 0.2) is 78.9 Å². The van der Waals surface area contributed by atoms with Gasteiger partial charge in [0.15, 0.2) is 12.7 Å². The molecule has 0 unspecified atom stereocenters. The Morgan fingerprint density at radius 1 is 0.964 bits per heavy atom. The van der Waals surface area contributed by atoms with Crippen molar-refractivity contribution < 1.29 is 14.3 Å².